The molecule has 0 unspecified atom stereocenters. The van der Waals surface area contributed by atoms with Crippen LogP contribution in [0.5, 0.6) is 0 Å². The van der Waals surface area contributed by atoms with Crippen LogP contribution in [0.3, 0.4) is 0 Å². The van der Waals surface area contributed by atoms with Gasteiger partial charge in [-0.15, -0.1) is 0 Å². The van der Waals surface area contributed by atoms with Crippen molar-refractivity contribution in [3.05, 3.63) is 35.7 Å². The summed E-state index contributed by atoms with van der Waals surface area (Å²) in [7, 11) is 0. The van der Waals surface area contributed by atoms with E-state index in [2.05, 4.69) is 20.8 Å². The highest BCUT2D eigenvalue weighted by Gasteiger charge is 2.18. The van der Waals surface area contributed by atoms with Gasteiger partial charge in [-0.25, -0.2) is 9.67 Å². The van der Waals surface area contributed by atoms with Crippen LogP contribution in [0.25, 0.3) is 0 Å². The highest BCUT2D eigenvalue weighted by molar-refractivity contribution is 5.97. The Morgan fingerprint density at radius 3 is 2.95 bits per heavy atom. The summed E-state index contributed by atoms with van der Waals surface area (Å²) >= 11 is 0. The summed E-state index contributed by atoms with van der Waals surface area (Å²) in [5.41, 5.74) is 2.09. The summed E-state index contributed by atoms with van der Waals surface area (Å²) < 4.78 is 3.94. The van der Waals surface area contributed by atoms with Gasteiger partial charge in [0, 0.05) is 30.9 Å². The number of rotatable bonds is 3. The zero-order chi connectivity index (χ0) is 13.2. The van der Waals surface area contributed by atoms with Crippen molar-refractivity contribution >= 4 is 5.78 Å². The van der Waals surface area contributed by atoms with Crippen molar-refractivity contribution in [2.45, 2.75) is 45.7 Å². The SMILES string of the molecule is CCn1ncnc1Cn1cc2c(c1)C(=O)CCCC2. The molecule has 0 spiro atoms. The summed E-state index contributed by atoms with van der Waals surface area (Å²) in [5, 5.41) is 4.17. The Hall–Kier alpha value is -1.91. The third-order valence-corrected chi connectivity index (χ3v) is 3.68. The van der Waals surface area contributed by atoms with E-state index >= 15 is 0 Å². The van der Waals surface area contributed by atoms with Crippen LogP contribution in [0, 0.1) is 0 Å². The Labute approximate surface area is 112 Å². The molecule has 2 heterocycles. The maximum atomic E-state index is 12.0. The fraction of sp³-hybridized carbons (Fsp3) is 0.500. The summed E-state index contributed by atoms with van der Waals surface area (Å²) in [6.07, 6.45) is 9.45. The molecule has 2 aromatic heterocycles. The van der Waals surface area contributed by atoms with Gasteiger partial charge in [-0.3, -0.25) is 4.79 Å². The number of carbonyl (C=O) groups is 1. The first-order valence-corrected chi connectivity index (χ1v) is 6.86. The van der Waals surface area contributed by atoms with E-state index in [1.165, 1.54) is 5.56 Å². The summed E-state index contributed by atoms with van der Waals surface area (Å²) in [4.78, 5) is 16.3. The number of ketones is 1. The molecule has 0 saturated carbocycles. The molecule has 0 atom stereocenters. The van der Waals surface area contributed by atoms with Gasteiger partial charge in [-0.2, -0.15) is 5.10 Å². The van der Waals surface area contributed by atoms with E-state index in [0.29, 0.717) is 13.0 Å². The standard InChI is InChI=1S/C14H18N4O/c1-2-18-14(15-10-16-18)9-17-7-11-5-3-4-6-13(19)12(11)8-17/h7-8,10H,2-6,9H2,1H3. The van der Waals surface area contributed by atoms with Crippen LogP contribution >= 0.6 is 0 Å². The summed E-state index contributed by atoms with van der Waals surface area (Å²) in [6.45, 7) is 3.54. The minimum absolute atomic E-state index is 0.281. The lowest BCUT2D eigenvalue weighted by molar-refractivity contribution is 0.0982. The highest BCUT2D eigenvalue weighted by atomic mass is 16.1. The Morgan fingerprint density at radius 1 is 1.26 bits per heavy atom. The molecule has 5 heteroatoms. The molecular formula is C14H18N4O. The van der Waals surface area contributed by atoms with Crippen molar-refractivity contribution < 1.29 is 4.79 Å². The molecule has 0 saturated heterocycles. The van der Waals surface area contributed by atoms with Crippen LogP contribution in [-0.4, -0.2) is 25.1 Å². The smallest absolute Gasteiger partial charge is 0.164 e. The zero-order valence-electron chi connectivity index (χ0n) is 11.2. The number of carbonyl (C=O) groups excluding carboxylic acids is 1. The molecule has 0 N–H and O–H groups in total. The minimum atomic E-state index is 0.281. The van der Waals surface area contributed by atoms with Gasteiger partial charge in [0.15, 0.2) is 5.78 Å². The van der Waals surface area contributed by atoms with Crippen molar-refractivity contribution in [2.24, 2.45) is 0 Å². The van der Waals surface area contributed by atoms with Crippen LogP contribution in [-0.2, 0) is 19.5 Å². The van der Waals surface area contributed by atoms with E-state index in [1.54, 1.807) is 6.33 Å². The normalized spacial score (nSPS) is 15.3. The number of fused-ring (bicyclic) bond motifs is 1. The van der Waals surface area contributed by atoms with Gasteiger partial charge < -0.3 is 4.57 Å². The van der Waals surface area contributed by atoms with E-state index in [0.717, 1.165) is 37.2 Å². The second-order valence-corrected chi connectivity index (χ2v) is 4.99. The topological polar surface area (TPSA) is 52.7 Å². The predicted molar refractivity (Wildman–Crippen MR) is 71.1 cm³/mol. The van der Waals surface area contributed by atoms with Crippen LogP contribution in [0.1, 0.15) is 47.9 Å². The van der Waals surface area contributed by atoms with E-state index in [1.807, 2.05) is 17.8 Å². The van der Waals surface area contributed by atoms with Crippen molar-refractivity contribution in [2.75, 3.05) is 0 Å². The van der Waals surface area contributed by atoms with Crippen LogP contribution in [0.4, 0.5) is 0 Å². The summed E-state index contributed by atoms with van der Waals surface area (Å²) in [6, 6.07) is 0. The number of nitrogens with zero attached hydrogens (tertiary/aromatic N) is 4. The van der Waals surface area contributed by atoms with E-state index in [-0.39, 0.29) is 5.78 Å². The summed E-state index contributed by atoms with van der Waals surface area (Å²) in [5.74, 6) is 1.21. The van der Waals surface area contributed by atoms with Gasteiger partial charge in [-0.05, 0) is 31.7 Å². The van der Waals surface area contributed by atoms with E-state index < -0.39 is 0 Å². The fourth-order valence-electron chi connectivity index (χ4n) is 2.67. The Kier molecular flexibility index (Phi) is 3.19. The van der Waals surface area contributed by atoms with Crippen molar-refractivity contribution in [3.63, 3.8) is 0 Å². The van der Waals surface area contributed by atoms with E-state index in [4.69, 9.17) is 0 Å². The van der Waals surface area contributed by atoms with Gasteiger partial charge in [0.05, 0.1) is 6.54 Å². The van der Waals surface area contributed by atoms with Gasteiger partial charge >= 0.3 is 0 Å². The van der Waals surface area contributed by atoms with Crippen molar-refractivity contribution in [1.29, 1.82) is 0 Å². The Morgan fingerprint density at radius 2 is 2.11 bits per heavy atom. The Bertz CT molecular complexity index is 596. The molecule has 1 aliphatic rings. The average molecular weight is 258 g/mol. The second-order valence-electron chi connectivity index (χ2n) is 4.99. The maximum Gasteiger partial charge on any atom is 0.164 e. The fourth-order valence-corrected chi connectivity index (χ4v) is 2.67. The van der Waals surface area contributed by atoms with Gasteiger partial charge in [0.25, 0.3) is 0 Å². The number of hydrogen-bond donors (Lipinski definition) is 0. The zero-order valence-corrected chi connectivity index (χ0v) is 11.2. The molecular weight excluding hydrogens is 240 g/mol. The first-order chi connectivity index (χ1) is 9.28. The van der Waals surface area contributed by atoms with Crippen LogP contribution < -0.4 is 0 Å². The first-order valence-electron chi connectivity index (χ1n) is 6.86. The minimum Gasteiger partial charge on any atom is -0.346 e. The van der Waals surface area contributed by atoms with Gasteiger partial charge in [0.1, 0.15) is 12.2 Å². The number of hydrogen-bond acceptors (Lipinski definition) is 3. The molecule has 100 valence electrons. The van der Waals surface area contributed by atoms with E-state index in [9.17, 15) is 4.79 Å². The number of Topliss-reactive ketones (excluding diaryl/α,β-unsaturated/α-hetero) is 1. The predicted octanol–water partition coefficient (Wildman–Crippen LogP) is 2.06. The van der Waals surface area contributed by atoms with Crippen molar-refractivity contribution in [1.82, 2.24) is 19.3 Å². The second kappa shape index (κ2) is 4.99. The molecule has 0 bridgehead atoms. The van der Waals surface area contributed by atoms with Crippen molar-refractivity contribution in [3.8, 4) is 0 Å². The van der Waals surface area contributed by atoms with Gasteiger partial charge in [0.2, 0.25) is 0 Å². The largest absolute Gasteiger partial charge is 0.346 e. The molecule has 0 amide bonds. The quantitative estimate of drug-likeness (QED) is 0.792. The molecule has 0 radical (unpaired) electrons. The molecule has 2 aromatic rings. The highest BCUT2D eigenvalue weighted by Crippen LogP contribution is 2.21. The maximum absolute atomic E-state index is 12.0. The molecule has 0 fully saturated rings. The molecule has 3 rings (SSSR count). The lowest BCUT2D eigenvalue weighted by Crippen LogP contribution is -2.08. The molecule has 1 aliphatic carbocycles. The number of aromatic nitrogens is 4. The third-order valence-electron chi connectivity index (χ3n) is 3.68. The lowest BCUT2D eigenvalue weighted by Gasteiger charge is -2.04. The lowest BCUT2D eigenvalue weighted by atomic mass is 10.1. The Balaban J connectivity index is 1.87. The average Bonchev–Trinajstić information content (AvgIpc) is 2.98. The monoisotopic (exact) mass is 258 g/mol. The van der Waals surface area contributed by atoms with Crippen LogP contribution in [0.2, 0.25) is 0 Å². The molecule has 0 aromatic carbocycles. The number of aryl methyl sites for hydroxylation is 2. The molecule has 19 heavy (non-hydrogen) atoms. The third kappa shape index (κ3) is 2.32. The molecule has 5 nitrogen and oxygen atoms in total. The van der Waals surface area contributed by atoms with Gasteiger partial charge in [-0.1, -0.05) is 0 Å². The molecule has 0 aliphatic heterocycles. The van der Waals surface area contributed by atoms with Crippen LogP contribution in [0.15, 0.2) is 18.7 Å². The first kappa shape index (κ1) is 12.1.